The summed E-state index contributed by atoms with van der Waals surface area (Å²) in [6.07, 6.45) is 0.349. The van der Waals surface area contributed by atoms with Gasteiger partial charge < -0.3 is 0 Å². The van der Waals surface area contributed by atoms with Crippen LogP contribution < -0.4 is 0 Å². The number of hydrogen-bond donors (Lipinski definition) is 0. The van der Waals surface area contributed by atoms with Crippen LogP contribution in [-0.4, -0.2) is 0 Å². The van der Waals surface area contributed by atoms with Crippen molar-refractivity contribution in [1.82, 2.24) is 0 Å². The fraction of sp³-hybridized carbons (Fsp3) is 0.125. The molecule has 0 aliphatic rings. The summed E-state index contributed by atoms with van der Waals surface area (Å²) in [6.45, 7) is 0. The van der Waals surface area contributed by atoms with Gasteiger partial charge in [-0.15, -0.1) is 0 Å². The molecule has 1 nitrogen and oxygen atoms in total. The van der Waals surface area contributed by atoms with Gasteiger partial charge in [-0.3, -0.25) is 0 Å². The zero-order valence-corrected chi connectivity index (χ0v) is 9.87. The van der Waals surface area contributed by atoms with E-state index < -0.39 is 0 Å². The van der Waals surface area contributed by atoms with Gasteiger partial charge in [0.25, 0.3) is 0 Å². The summed E-state index contributed by atoms with van der Waals surface area (Å²) in [5.41, 5.74) is 0.894. The van der Waals surface area contributed by atoms with Crippen molar-refractivity contribution < 1.29 is 0 Å². The molecule has 4 heteroatoms. The third-order valence-electron chi connectivity index (χ3n) is 1.39. The molecule has 0 aliphatic heterocycles. The van der Waals surface area contributed by atoms with Crippen LogP contribution >= 0.6 is 43.5 Å². The molecule has 0 atom stereocenters. The number of rotatable bonds is 1. The third-order valence-corrected chi connectivity index (χ3v) is 3.59. The van der Waals surface area contributed by atoms with E-state index in [0.29, 0.717) is 11.4 Å². The topological polar surface area (TPSA) is 23.8 Å². The minimum atomic E-state index is 0.349. The minimum absolute atomic E-state index is 0.349. The van der Waals surface area contributed by atoms with Gasteiger partial charge in [0.15, 0.2) is 0 Å². The zero-order valence-electron chi connectivity index (χ0n) is 5.94. The van der Waals surface area contributed by atoms with Crippen molar-refractivity contribution in [2.24, 2.45) is 0 Å². The van der Waals surface area contributed by atoms with Crippen LogP contribution in [0.1, 0.15) is 5.56 Å². The molecule has 0 bridgehead atoms. The molecule has 0 aromatic heterocycles. The van der Waals surface area contributed by atoms with E-state index in [4.69, 9.17) is 16.9 Å². The summed E-state index contributed by atoms with van der Waals surface area (Å²) in [6, 6.07) is 5.68. The highest BCUT2D eigenvalue weighted by Crippen LogP contribution is 2.31. The van der Waals surface area contributed by atoms with E-state index in [1.165, 1.54) is 0 Å². The normalized spacial score (nSPS) is 9.50. The van der Waals surface area contributed by atoms with Crippen molar-refractivity contribution in [2.75, 3.05) is 0 Å². The number of halogens is 3. The monoisotopic (exact) mass is 307 g/mol. The fourth-order valence-corrected chi connectivity index (χ4v) is 2.21. The van der Waals surface area contributed by atoms with Crippen LogP contribution in [0.3, 0.4) is 0 Å². The minimum Gasteiger partial charge on any atom is -0.198 e. The van der Waals surface area contributed by atoms with Crippen molar-refractivity contribution in [3.63, 3.8) is 0 Å². The lowest BCUT2D eigenvalue weighted by molar-refractivity contribution is 1.23. The molecule has 1 aromatic carbocycles. The molecular formula is C8H4Br2ClN. The second-order valence-electron chi connectivity index (χ2n) is 2.16. The Morgan fingerprint density at radius 1 is 1.42 bits per heavy atom. The van der Waals surface area contributed by atoms with Crippen molar-refractivity contribution >= 4 is 43.5 Å². The maximum atomic E-state index is 8.52. The molecule has 1 aromatic rings. The highest BCUT2D eigenvalue weighted by Gasteiger charge is 2.07. The predicted octanol–water partition coefficient (Wildman–Crippen LogP) is 3.93. The summed E-state index contributed by atoms with van der Waals surface area (Å²) in [5, 5.41) is 9.15. The van der Waals surface area contributed by atoms with E-state index in [2.05, 4.69) is 37.9 Å². The average Bonchev–Trinajstić information content (AvgIpc) is 2.06. The lowest BCUT2D eigenvalue weighted by Gasteiger charge is -2.04. The van der Waals surface area contributed by atoms with Crippen LogP contribution in [0.25, 0.3) is 0 Å². The van der Waals surface area contributed by atoms with Crippen LogP contribution in [0.15, 0.2) is 21.1 Å². The van der Waals surface area contributed by atoms with Crippen LogP contribution in [0, 0.1) is 11.3 Å². The smallest absolute Gasteiger partial charge is 0.0670 e. The Balaban J connectivity index is 3.25. The van der Waals surface area contributed by atoms with Crippen LogP contribution in [0.2, 0.25) is 5.02 Å². The molecule has 0 amide bonds. The lowest BCUT2D eigenvalue weighted by Crippen LogP contribution is -1.86. The van der Waals surface area contributed by atoms with E-state index in [1.54, 1.807) is 6.07 Å². The van der Waals surface area contributed by atoms with Gasteiger partial charge in [0.2, 0.25) is 0 Å². The lowest BCUT2D eigenvalue weighted by atomic mass is 10.2. The maximum absolute atomic E-state index is 8.52. The van der Waals surface area contributed by atoms with E-state index in [0.717, 1.165) is 14.5 Å². The molecule has 0 unspecified atom stereocenters. The Labute approximate surface area is 92.6 Å². The second-order valence-corrected chi connectivity index (χ2v) is 4.21. The number of nitrogens with zero attached hydrogens (tertiary/aromatic N) is 1. The molecule has 0 aliphatic carbocycles. The quantitative estimate of drug-likeness (QED) is 0.721. The van der Waals surface area contributed by atoms with Crippen molar-refractivity contribution in [1.29, 1.82) is 5.26 Å². The first kappa shape index (κ1) is 10.0. The summed E-state index contributed by atoms with van der Waals surface area (Å²) in [5.74, 6) is 0. The van der Waals surface area contributed by atoms with Crippen molar-refractivity contribution in [2.45, 2.75) is 6.42 Å². The Bertz CT molecular complexity index is 344. The third kappa shape index (κ3) is 2.01. The summed E-state index contributed by atoms with van der Waals surface area (Å²) < 4.78 is 1.69. The highest BCUT2D eigenvalue weighted by atomic mass is 79.9. The van der Waals surface area contributed by atoms with Crippen LogP contribution in [0.5, 0.6) is 0 Å². The number of benzene rings is 1. The van der Waals surface area contributed by atoms with Crippen molar-refractivity contribution in [3.8, 4) is 6.07 Å². The predicted molar refractivity (Wildman–Crippen MR) is 56.2 cm³/mol. The summed E-state index contributed by atoms with van der Waals surface area (Å²) in [7, 11) is 0. The molecular weight excluding hydrogens is 305 g/mol. The first-order valence-electron chi connectivity index (χ1n) is 3.16. The molecule has 0 N–H and O–H groups in total. The summed E-state index contributed by atoms with van der Waals surface area (Å²) in [4.78, 5) is 0. The highest BCUT2D eigenvalue weighted by molar-refractivity contribution is 9.11. The Kier molecular flexibility index (Phi) is 3.57. The molecule has 62 valence electrons. The van der Waals surface area contributed by atoms with Crippen LogP contribution in [-0.2, 0) is 6.42 Å². The van der Waals surface area contributed by atoms with Gasteiger partial charge in [-0.1, -0.05) is 27.5 Å². The first-order valence-corrected chi connectivity index (χ1v) is 5.12. The zero-order chi connectivity index (χ0) is 9.14. The van der Waals surface area contributed by atoms with E-state index in [-0.39, 0.29) is 0 Å². The Morgan fingerprint density at radius 3 is 2.67 bits per heavy atom. The number of nitriles is 1. The molecule has 0 saturated heterocycles. The van der Waals surface area contributed by atoms with Gasteiger partial charge in [-0.2, -0.15) is 5.26 Å². The maximum Gasteiger partial charge on any atom is 0.0670 e. The first-order chi connectivity index (χ1) is 5.66. The number of hydrogen-bond acceptors (Lipinski definition) is 1. The molecule has 0 fully saturated rings. The Morgan fingerprint density at radius 2 is 2.08 bits per heavy atom. The average molecular weight is 309 g/mol. The molecule has 0 radical (unpaired) electrons. The van der Waals surface area contributed by atoms with Gasteiger partial charge in [0.1, 0.15) is 0 Å². The molecule has 12 heavy (non-hydrogen) atoms. The summed E-state index contributed by atoms with van der Waals surface area (Å²) >= 11 is 12.5. The second kappa shape index (κ2) is 4.27. The fourth-order valence-electron chi connectivity index (χ4n) is 0.810. The molecule has 0 heterocycles. The van der Waals surface area contributed by atoms with E-state index in [1.807, 2.05) is 6.07 Å². The molecule has 0 spiro atoms. The van der Waals surface area contributed by atoms with Crippen LogP contribution in [0.4, 0.5) is 0 Å². The van der Waals surface area contributed by atoms with Gasteiger partial charge in [0.05, 0.1) is 17.5 Å². The van der Waals surface area contributed by atoms with E-state index in [9.17, 15) is 0 Å². The molecule has 0 saturated carbocycles. The standard InChI is InChI=1S/C8H4Br2ClN/c9-6-1-2-7(11)8(10)5(6)3-4-12/h1-2H,3H2. The van der Waals surface area contributed by atoms with Gasteiger partial charge in [0, 0.05) is 8.95 Å². The van der Waals surface area contributed by atoms with Gasteiger partial charge >= 0.3 is 0 Å². The van der Waals surface area contributed by atoms with Gasteiger partial charge in [-0.25, -0.2) is 0 Å². The van der Waals surface area contributed by atoms with Gasteiger partial charge in [-0.05, 0) is 33.6 Å². The van der Waals surface area contributed by atoms with E-state index >= 15 is 0 Å². The van der Waals surface area contributed by atoms with Crippen molar-refractivity contribution in [3.05, 3.63) is 31.7 Å². The molecule has 1 rings (SSSR count). The largest absolute Gasteiger partial charge is 0.198 e. The Hall–Kier alpha value is -0.0400. The SMILES string of the molecule is N#CCc1c(Br)ccc(Cl)c1Br.